The summed E-state index contributed by atoms with van der Waals surface area (Å²) >= 11 is 3.43. The average molecular weight is 519 g/mol. The van der Waals surface area contributed by atoms with Crippen molar-refractivity contribution in [2.24, 2.45) is 0 Å². The lowest BCUT2D eigenvalue weighted by molar-refractivity contribution is -0.139. The first-order valence-corrected chi connectivity index (χ1v) is 11.5. The van der Waals surface area contributed by atoms with E-state index in [1.54, 1.807) is 26.0 Å². The number of hydrogen-bond donors (Lipinski definition) is 1. The fourth-order valence-corrected chi connectivity index (χ4v) is 4.26. The van der Waals surface area contributed by atoms with Crippen LogP contribution >= 0.6 is 15.9 Å². The fraction of sp³-hybridized carbons (Fsp3) is 0.360. The van der Waals surface area contributed by atoms with E-state index in [4.69, 9.17) is 4.74 Å². The molecule has 1 saturated heterocycles. The molecule has 8 heteroatoms. The van der Waals surface area contributed by atoms with Crippen LogP contribution in [0.2, 0.25) is 0 Å². The summed E-state index contributed by atoms with van der Waals surface area (Å²) in [5, 5.41) is 11.1. The number of aliphatic hydroxyl groups is 1. The molecule has 1 heterocycles. The molecular weight excluding hydrogens is 491 g/mol. The van der Waals surface area contributed by atoms with Gasteiger partial charge in [0.25, 0.3) is 11.7 Å². The molecule has 1 N–H and O–H groups in total. The van der Waals surface area contributed by atoms with Gasteiger partial charge in [0.1, 0.15) is 5.76 Å². The van der Waals surface area contributed by atoms with E-state index in [0.717, 1.165) is 17.1 Å². The Morgan fingerprint density at radius 2 is 1.94 bits per heavy atom. The Morgan fingerprint density at radius 3 is 2.55 bits per heavy atom. The number of Topliss-reactive ketones (excluding diaryl/α,β-unsaturated/α-hetero) is 1. The van der Waals surface area contributed by atoms with Crippen molar-refractivity contribution in [2.45, 2.75) is 32.4 Å². The second-order valence-corrected chi connectivity index (χ2v) is 9.43. The van der Waals surface area contributed by atoms with Crippen LogP contribution in [0.15, 0.2) is 52.5 Å². The van der Waals surface area contributed by atoms with Gasteiger partial charge in [-0.2, -0.15) is 0 Å². The highest BCUT2D eigenvalue weighted by atomic mass is 79.9. The van der Waals surface area contributed by atoms with E-state index in [1.165, 1.54) is 17.0 Å². The zero-order chi connectivity index (χ0) is 24.3. The Kier molecular flexibility index (Phi) is 7.92. The second kappa shape index (κ2) is 10.5. The van der Waals surface area contributed by atoms with Gasteiger partial charge in [0.05, 0.1) is 17.7 Å². The summed E-state index contributed by atoms with van der Waals surface area (Å²) in [7, 11) is 3.86. The van der Waals surface area contributed by atoms with E-state index < -0.39 is 29.3 Å². The summed E-state index contributed by atoms with van der Waals surface area (Å²) in [6.45, 7) is 4.63. The summed E-state index contributed by atoms with van der Waals surface area (Å²) in [5.41, 5.74) is 0.727. The van der Waals surface area contributed by atoms with Crippen molar-refractivity contribution in [2.75, 3.05) is 27.2 Å². The topological polar surface area (TPSA) is 70.1 Å². The Labute approximate surface area is 201 Å². The molecule has 0 aromatic heterocycles. The van der Waals surface area contributed by atoms with Gasteiger partial charge in [-0.1, -0.05) is 28.1 Å². The molecule has 1 aliphatic heterocycles. The van der Waals surface area contributed by atoms with E-state index >= 15 is 0 Å². The first-order chi connectivity index (χ1) is 15.6. The highest BCUT2D eigenvalue weighted by molar-refractivity contribution is 9.10. The number of carbonyl (C=O) groups excluding carboxylic acids is 2. The van der Waals surface area contributed by atoms with Crippen molar-refractivity contribution in [3.63, 3.8) is 0 Å². The number of carbonyl (C=O) groups is 2. The lowest BCUT2D eigenvalue weighted by atomic mass is 9.95. The van der Waals surface area contributed by atoms with Crippen LogP contribution in [0.5, 0.6) is 5.75 Å². The summed E-state index contributed by atoms with van der Waals surface area (Å²) < 4.78 is 20.8. The van der Waals surface area contributed by atoms with Gasteiger partial charge in [-0.15, -0.1) is 0 Å². The van der Waals surface area contributed by atoms with Gasteiger partial charge in [0, 0.05) is 16.6 Å². The molecule has 1 fully saturated rings. The van der Waals surface area contributed by atoms with Crippen molar-refractivity contribution < 1.29 is 23.8 Å². The fourth-order valence-electron chi connectivity index (χ4n) is 3.84. The predicted molar refractivity (Wildman–Crippen MR) is 128 cm³/mol. The maximum Gasteiger partial charge on any atom is 0.295 e. The monoisotopic (exact) mass is 518 g/mol. The van der Waals surface area contributed by atoms with Crippen LogP contribution in [-0.4, -0.2) is 59.9 Å². The van der Waals surface area contributed by atoms with Crippen LogP contribution in [0.1, 0.15) is 37.4 Å². The minimum Gasteiger partial charge on any atom is -0.507 e. The standard InChI is InChI=1S/C25H28BrFN2O4/c1-15(2)33-20-10-9-17(14-19(20)27)23(30)21-22(16-7-5-8-18(26)13-16)29(25(32)24(21)31)12-6-11-28(3)4/h5,7-10,13-15,22,30H,6,11-12H2,1-4H3/t22-/m0/s1. The van der Waals surface area contributed by atoms with Gasteiger partial charge in [0.2, 0.25) is 0 Å². The van der Waals surface area contributed by atoms with E-state index in [2.05, 4.69) is 15.9 Å². The van der Waals surface area contributed by atoms with Gasteiger partial charge in [-0.3, -0.25) is 9.59 Å². The van der Waals surface area contributed by atoms with Crippen molar-refractivity contribution in [3.05, 3.63) is 69.5 Å². The predicted octanol–water partition coefficient (Wildman–Crippen LogP) is 4.75. The first-order valence-electron chi connectivity index (χ1n) is 10.7. The number of hydrogen-bond acceptors (Lipinski definition) is 5. The molecule has 3 rings (SSSR count). The summed E-state index contributed by atoms with van der Waals surface area (Å²) in [6, 6.07) is 10.5. The van der Waals surface area contributed by atoms with Gasteiger partial charge >= 0.3 is 0 Å². The number of aliphatic hydroxyl groups excluding tert-OH is 1. The molecule has 33 heavy (non-hydrogen) atoms. The SMILES string of the molecule is CC(C)Oc1ccc(C(O)=C2C(=O)C(=O)N(CCCN(C)C)[C@H]2c2cccc(Br)c2)cc1F. The first kappa shape index (κ1) is 24.9. The minimum absolute atomic E-state index is 0.0502. The molecule has 6 nitrogen and oxygen atoms in total. The van der Waals surface area contributed by atoms with E-state index in [-0.39, 0.29) is 23.0 Å². The number of nitrogens with zero attached hydrogens (tertiary/aromatic N) is 2. The largest absolute Gasteiger partial charge is 0.507 e. The molecule has 0 radical (unpaired) electrons. The van der Waals surface area contributed by atoms with Crippen LogP contribution < -0.4 is 4.74 Å². The van der Waals surface area contributed by atoms with Gasteiger partial charge in [-0.25, -0.2) is 4.39 Å². The molecule has 176 valence electrons. The number of rotatable bonds is 8. The van der Waals surface area contributed by atoms with Crippen molar-refractivity contribution in [3.8, 4) is 5.75 Å². The highest BCUT2D eigenvalue weighted by Gasteiger charge is 2.45. The Balaban J connectivity index is 2.08. The molecule has 0 bridgehead atoms. The number of halogens is 2. The summed E-state index contributed by atoms with van der Waals surface area (Å²) in [4.78, 5) is 29.5. The lowest BCUT2D eigenvalue weighted by Crippen LogP contribution is -2.32. The molecule has 0 saturated carbocycles. The van der Waals surface area contributed by atoms with Crippen molar-refractivity contribution in [1.29, 1.82) is 0 Å². The van der Waals surface area contributed by atoms with Crippen LogP contribution in [-0.2, 0) is 9.59 Å². The Morgan fingerprint density at radius 1 is 1.21 bits per heavy atom. The average Bonchev–Trinajstić information content (AvgIpc) is 2.99. The van der Waals surface area contributed by atoms with Crippen molar-refractivity contribution in [1.82, 2.24) is 9.80 Å². The van der Waals surface area contributed by atoms with Crippen molar-refractivity contribution >= 4 is 33.4 Å². The van der Waals surface area contributed by atoms with Crippen LogP contribution in [0.25, 0.3) is 5.76 Å². The smallest absolute Gasteiger partial charge is 0.295 e. The third-order valence-electron chi connectivity index (χ3n) is 5.28. The molecule has 0 unspecified atom stereocenters. The molecule has 2 aromatic rings. The van der Waals surface area contributed by atoms with E-state index in [9.17, 15) is 19.1 Å². The van der Waals surface area contributed by atoms with Gasteiger partial charge < -0.3 is 19.6 Å². The van der Waals surface area contributed by atoms with Crippen LogP contribution in [0, 0.1) is 5.82 Å². The zero-order valence-corrected chi connectivity index (χ0v) is 20.7. The third-order valence-corrected chi connectivity index (χ3v) is 5.77. The molecule has 2 aromatic carbocycles. The maximum absolute atomic E-state index is 14.6. The minimum atomic E-state index is -0.787. The zero-order valence-electron chi connectivity index (χ0n) is 19.1. The number of likely N-dealkylation sites (tertiary alicyclic amines) is 1. The van der Waals surface area contributed by atoms with Gasteiger partial charge in [-0.05, 0) is 76.8 Å². The van der Waals surface area contributed by atoms with Crippen LogP contribution in [0.4, 0.5) is 4.39 Å². The van der Waals surface area contributed by atoms with E-state index in [1.807, 2.05) is 31.1 Å². The quantitative estimate of drug-likeness (QED) is 0.310. The lowest BCUT2D eigenvalue weighted by Gasteiger charge is -2.26. The molecule has 1 amide bonds. The Bertz CT molecular complexity index is 1080. The molecule has 0 aliphatic carbocycles. The highest BCUT2D eigenvalue weighted by Crippen LogP contribution is 2.40. The molecule has 1 atom stereocenters. The van der Waals surface area contributed by atoms with Crippen LogP contribution in [0.3, 0.4) is 0 Å². The normalized spacial score (nSPS) is 17.9. The third kappa shape index (κ3) is 5.62. The van der Waals surface area contributed by atoms with E-state index in [0.29, 0.717) is 18.5 Å². The summed E-state index contributed by atoms with van der Waals surface area (Å²) in [5.74, 6) is -2.49. The Hall–Kier alpha value is -2.71. The van der Waals surface area contributed by atoms with Gasteiger partial charge in [0.15, 0.2) is 11.6 Å². The summed E-state index contributed by atoms with van der Waals surface area (Å²) in [6.07, 6.45) is 0.434. The molecule has 1 aliphatic rings. The number of ketones is 1. The number of benzene rings is 2. The molecular formula is C25H28BrFN2O4. The number of ether oxygens (including phenoxy) is 1. The molecule has 0 spiro atoms. The second-order valence-electron chi connectivity index (χ2n) is 8.52. The number of amides is 1. The maximum atomic E-state index is 14.6.